The van der Waals surface area contributed by atoms with Gasteiger partial charge in [0.25, 0.3) is 0 Å². The molecular weight excluding hydrogens is 320 g/mol. The van der Waals surface area contributed by atoms with Gasteiger partial charge in [-0.05, 0) is 45.8 Å². The molecule has 3 N–H and O–H groups in total. The molecule has 25 heavy (non-hydrogen) atoms. The van der Waals surface area contributed by atoms with Crippen LogP contribution in [0.2, 0.25) is 0 Å². The highest BCUT2D eigenvalue weighted by molar-refractivity contribution is 5.85. The Morgan fingerprint density at radius 3 is 2.56 bits per heavy atom. The van der Waals surface area contributed by atoms with Crippen LogP contribution in [0.25, 0.3) is 33.5 Å². The zero-order chi connectivity index (χ0) is 17.4. The van der Waals surface area contributed by atoms with Gasteiger partial charge in [-0.3, -0.25) is 4.98 Å². The minimum atomic E-state index is -0.599. The lowest BCUT2D eigenvalue weighted by molar-refractivity contribution is -0.388. The first-order chi connectivity index (χ1) is 12.1. The van der Waals surface area contributed by atoms with E-state index in [4.69, 9.17) is 5.73 Å². The Morgan fingerprint density at radius 1 is 1.04 bits per heavy atom. The molecule has 0 bridgehead atoms. The number of rotatable bonds is 3. The lowest BCUT2D eigenvalue weighted by Crippen LogP contribution is -1.98. The molecule has 0 aliphatic heterocycles. The zero-order valence-electron chi connectivity index (χ0n) is 12.9. The number of benzene rings is 1. The summed E-state index contributed by atoms with van der Waals surface area (Å²) < 4.78 is 0. The molecular formula is C17H12N6O2. The van der Waals surface area contributed by atoms with Crippen LogP contribution in [-0.2, 0) is 0 Å². The fraction of sp³-hybridized carbons (Fsp3) is 0. The number of nitrogens with two attached hydrogens (primary N) is 1. The number of nitro groups is 1. The molecule has 0 amide bonds. The molecule has 0 saturated heterocycles. The van der Waals surface area contributed by atoms with Crippen LogP contribution in [0.3, 0.4) is 0 Å². The standard InChI is InChI=1S/C17H12N6O2/c18-13-7-12(9-20-17(13)23(24)25)11-1-2-14-15(8-11)22-16(21-14)10-3-5-19-6-4-10/h1-9H,18H2,(H,21,22). The summed E-state index contributed by atoms with van der Waals surface area (Å²) in [6.45, 7) is 0. The summed E-state index contributed by atoms with van der Waals surface area (Å²) in [6, 6.07) is 11.0. The first-order valence-corrected chi connectivity index (χ1v) is 7.42. The molecule has 0 aliphatic carbocycles. The van der Waals surface area contributed by atoms with Crippen LogP contribution in [0.1, 0.15) is 0 Å². The molecule has 0 radical (unpaired) electrons. The van der Waals surface area contributed by atoms with E-state index < -0.39 is 4.92 Å². The lowest BCUT2D eigenvalue weighted by Gasteiger charge is -2.02. The average Bonchev–Trinajstić information content (AvgIpc) is 3.05. The van der Waals surface area contributed by atoms with Crippen molar-refractivity contribution < 1.29 is 4.92 Å². The minimum Gasteiger partial charge on any atom is -0.392 e. The van der Waals surface area contributed by atoms with E-state index in [2.05, 4.69) is 19.9 Å². The summed E-state index contributed by atoms with van der Waals surface area (Å²) in [5.41, 5.74) is 9.90. The van der Waals surface area contributed by atoms with Gasteiger partial charge in [-0.2, -0.15) is 0 Å². The monoisotopic (exact) mass is 332 g/mol. The summed E-state index contributed by atoms with van der Waals surface area (Å²) >= 11 is 0. The summed E-state index contributed by atoms with van der Waals surface area (Å²) in [5.74, 6) is 0.405. The second-order valence-electron chi connectivity index (χ2n) is 5.45. The predicted molar refractivity (Wildman–Crippen MR) is 93.6 cm³/mol. The number of nitrogens with zero attached hydrogens (tertiary/aromatic N) is 4. The van der Waals surface area contributed by atoms with Gasteiger partial charge < -0.3 is 20.8 Å². The molecule has 0 spiro atoms. The Labute approximate surface area is 141 Å². The smallest absolute Gasteiger partial charge is 0.386 e. The van der Waals surface area contributed by atoms with Gasteiger partial charge in [-0.15, -0.1) is 0 Å². The van der Waals surface area contributed by atoms with Crippen molar-refractivity contribution in [3.63, 3.8) is 0 Å². The number of imidazole rings is 1. The molecule has 8 heteroatoms. The Hall–Kier alpha value is -3.81. The molecule has 122 valence electrons. The normalized spacial score (nSPS) is 10.9. The largest absolute Gasteiger partial charge is 0.392 e. The summed E-state index contributed by atoms with van der Waals surface area (Å²) in [6.07, 6.45) is 4.86. The van der Waals surface area contributed by atoms with Gasteiger partial charge in [0.05, 0.1) is 11.0 Å². The number of nitrogens with one attached hydrogen (secondary N) is 1. The van der Waals surface area contributed by atoms with E-state index in [-0.39, 0.29) is 11.5 Å². The van der Waals surface area contributed by atoms with E-state index in [0.717, 1.165) is 28.0 Å². The fourth-order valence-electron chi connectivity index (χ4n) is 2.62. The number of aromatic amines is 1. The third kappa shape index (κ3) is 2.65. The van der Waals surface area contributed by atoms with Gasteiger partial charge in [-0.25, -0.2) is 4.98 Å². The van der Waals surface area contributed by atoms with Crippen LogP contribution in [0.4, 0.5) is 11.5 Å². The number of nitrogen functional groups attached to an aromatic ring is 1. The lowest BCUT2D eigenvalue weighted by atomic mass is 10.1. The molecule has 0 atom stereocenters. The van der Waals surface area contributed by atoms with E-state index in [0.29, 0.717) is 5.56 Å². The number of aromatic nitrogens is 4. The van der Waals surface area contributed by atoms with Crippen LogP contribution in [0, 0.1) is 10.1 Å². The van der Waals surface area contributed by atoms with Gasteiger partial charge in [-0.1, -0.05) is 6.07 Å². The second kappa shape index (κ2) is 5.68. The highest BCUT2D eigenvalue weighted by Gasteiger charge is 2.15. The van der Waals surface area contributed by atoms with Crippen molar-refractivity contribution in [1.29, 1.82) is 0 Å². The second-order valence-corrected chi connectivity index (χ2v) is 5.45. The van der Waals surface area contributed by atoms with E-state index in [1.54, 1.807) is 18.5 Å². The Morgan fingerprint density at radius 2 is 1.84 bits per heavy atom. The molecule has 0 aliphatic rings. The predicted octanol–water partition coefficient (Wildman–Crippen LogP) is 3.18. The van der Waals surface area contributed by atoms with Crippen molar-refractivity contribution in [3.05, 3.63) is 65.1 Å². The molecule has 0 fully saturated rings. The summed E-state index contributed by atoms with van der Waals surface area (Å²) in [4.78, 5) is 25.9. The molecule has 3 heterocycles. The van der Waals surface area contributed by atoms with Crippen molar-refractivity contribution in [2.24, 2.45) is 0 Å². The average molecular weight is 332 g/mol. The summed E-state index contributed by atoms with van der Waals surface area (Å²) in [5, 5.41) is 10.8. The van der Waals surface area contributed by atoms with Gasteiger partial charge in [0, 0.05) is 23.5 Å². The highest BCUT2D eigenvalue weighted by Crippen LogP contribution is 2.28. The highest BCUT2D eigenvalue weighted by atomic mass is 16.6. The van der Waals surface area contributed by atoms with E-state index in [1.165, 1.54) is 6.20 Å². The van der Waals surface area contributed by atoms with E-state index in [1.807, 2.05) is 30.3 Å². The molecule has 3 aromatic heterocycles. The number of fused-ring (bicyclic) bond motifs is 1. The Kier molecular flexibility index (Phi) is 3.35. The van der Waals surface area contributed by atoms with Gasteiger partial charge in [0.2, 0.25) is 0 Å². The molecule has 1 aromatic carbocycles. The first-order valence-electron chi connectivity index (χ1n) is 7.42. The first kappa shape index (κ1) is 14.8. The van der Waals surface area contributed by atoms with Crippen LogP contribution in [0.15, 0.2) is 55.0 Å². The van der Waals surface area contributed by atoms with Crippen LogP contribution >= 0.6 is 0 Å². The van der Waals surface area contributed by atoms with Crippen molar-refractivity contribution in [1.82, 2.24) is 19.9 Å². The molecule has 4 rings (SSSR count). The van der Waals surface area contributed by atoms with Crippen molar-refractivity contribution in [3.8, 4) is 22.5 Å². The Bertz CT molecular complexity index is 1090. The van der Waals surface area contributed by atoms with E-state index >= 15 is 0 Å². The SMILES string of the molecule is Nc1cc(-c2ccc3nc(-c4ccncc4)[nH]c3c2)cnc1[N+](=O)[O-]. The summed E-state index contributed by atoms with van der Waals surface area (Å²) in [7, 11) is 0. The quantitative estimate of drug-likeness (QED) is 0.438. The number of hydrogen-bond donors (Lipinski definition) is 2. The van der Waals surface area contributed by atoms with Crippen LogP contribution in [0.5, 0.6) is 0 Å². The maximum absolute atomic E-state index is 10.8. The molecule has 0 saturated carbocycles. The maximum Gasteiger partial charge on any atom is 0.386 e. The molecule has 8 nitrogen and oxygen atoms in total. The number of H-pyrrole nitrogens is 1. The van der Waals surface area contributed by atoms with Crippen molar-refractivity contribution >= 4 is 22.5 Å². The number of hydrogen-bond acceptors (Lipinski definition) is 6. The molecule has 4 aromatic rings. The van der Waals surface area contributed by atoms with Gasteiger partial charge in [0.1, 0.15) is 17.7 Å². The third-order valence-corrected chi connectivity index (χ3v) is 3.84. The van der Waals surface area contributed by atoms with Gasteiger partial charge in [0.15, 0.2) is 0 Å². The van der Waals surface area contributed by atoms with Crippen molar-refractivity contribution in [2.75, 3.05) is 5.73 Å². The topological polar surface area (TPSA) is 124 Å². The number of pyridine rings is 2. The fourth-order valence-corrected chi connectivity index (χ4v) is 2.62. The third-order valence-electron chi connectivity index (χ3n) is 3.84. The van der Waals surface area contributed by atoms with Crippen LogP contribution in [-0.4, -0.2) is 24.9 Å². The van der Waals surface area contributed by atoms with Gasteiger partial charge >= 0.3 is 5.82 Å². The maximum atomic E-state index is 10.8. The molecule has 0 unspecified atom stereocenters. The zero-order valence-corrected chi connectivity index (χ0v) is 12.9. The van der Waals surface area contributed by atoms with E-state index in [9.17, 15) is 10.1 Å². The Balaban J connectivity index is 1.77. The number of anilines is 1. The van der Waals surface area contributed by atoms with Crippen molar-refractivity contribution in [2.45, 2.75) is 0 Å². The minimum absolute atomic E-state index is 0.0321. The van der Waals surface area contributed by atoms with Crippen LogP contribution < -0.4 is 5.73 Å².